The molecule has 3 aromatic rings. The van der Waals surface area contributed by atoms with Crippen molar-refractivity contribution in [2.75, 3.05) is 26.2 Å². The number of halogens is 1. The largest absolute Gasteiger partial charge is 0.454 e. The van der Waals surface area contributed by atoms with Gasteiger partial charge in [0.05, 0.1) is 14.8 Å². The Bertz CT molecular complexity index is 1400. The van der Waals surface area contributed by atoms with E-state index in [9.17, 15) is 16.8 Å². The van der Waals surface area contributed by atoms with Gasteiger partial charge in [-0.25, -0.2) is 16.8 Å². The van der Waals surface area contributed by atoms with E-state index in [-0.39, 0.29) is 9.79 Å². The number of rotatable bonds is 5. The average molecular weight is 523 g/mol. The normalized spacial score (nSPS) is 19.0. The topological polar surface area (TPSA) is 87.9 Å². The molecule has 1 aromatic heterocycles. The van der Waals surface area contributed by atoms with E-state index in [1.807, 2.05) is 0 Å². The van der Waals surface area contributed by atoms with Crippen molar-refractivity contribution in [3.63, 3.8) is 0 Å². The van der Waals surface area contributed by atoms with Crippen LogP contribution in [0.1, 0.15) is 38.5 Å². The van der Waals surface area contributed by atoms with E-state index in [1.165, 1.54) is 14.7 Å². The predicted molar refractivity (Wildman–Crippen MR) is 132 cm³/mol. The minimum absolute atomic E-state index is 0.182. The van der Waals surface area contributed by atoms with Gasteiger partial charge in [-0.2, -0.15) is 8.61 Å². The molecule has 182 valence electrons. The maximum Gasteiger partial charge on any atom is 0.243 e. The Hall–Kier alpha value is -1.91. The number of hydrogen-bond donors (Lipinski definition) is 0. The van der Waals surface area contributed by atoms with Crippen molar-refractivity contribution in [1.82, 2.24) is 8.61 Å². The minimum Gasteiger partial charge on any atom is -0.454 e. The molecule has 2 fully saturated rings. The zero-order chi connectivity index (χ0) is 23.9. The SMILES string of the molecule is O=S(=O)(c1ccc(-c2oc3cc(S(=O)(=O)N4CCCCC4)ccc3c2Cl)cc1)N1CCCCC1. The van der Waals surface area contributed by atoms with Crippen LogP contribution in [0.2, 0.25) is 5.02 Å². The summed E-state index contributed by atoms with van der Waals surface area (Å²) in [6.45, 7) is 2.14. The average Bonchev–Trinajstić information content (AvgIpc) is 3.21. The van der Waals surface area contributed by atoms with Crippen molar-refractivity contribution in [1.29, 1.82) is 0 Å². The monoisotopic (exact) mass is 522 g/mol. The zero-order valence-corrected chi connectivity index (χ0v) is 21.1. The fourth-order valence-electron chi connectivity index (χ4n) is 4.68. The van der Waals surface area contributed by atoms with Crippen molar-refractivity contribution in [2.45, 2.75) is 48.3 Å². The lowest BCUT2D eigenvalue weighted by molar-refractivity contribution is 0.346. The molecule has 5 rings (SSSR count). The van der Waals surface area contributed by atoms with Crippen LogP contribution in [-0.4, -0.2) is 51.6 Å². The zero-order valence-electron chi connectivity index (χ0n) is 18.7. The van der Waals surface area contributed by atoms with E-state index in [4.69, 9.17) is 16.0 Å². The second-order valence-electron chi connectivity index (χ2n) is 8.86. The highest BCUT2D eigenvalue weighted by atomic mass is 35.5. The summed E-state index contributed by atoms with van der Waals surface area (Å²) in [7, 11) is -7.13. The van der Waals surface area contributed by atoms with E-state index in [0.29, 0.717) is 53.5 Å². The van der Waals surface area contributed by atoms with Crippen LogP contribution in [0.25, 0.3) is 22.3 Å². The van der Waals surface area contributed by atoms with Crippen molar-refractivity contribution in [3.8, 4) is 11.3 Å². The molecule has 0 saturated carbocycles. The first-order valence-corrected chi connectivity index (χ1v) is 14.9. The maximum absolute atomic E-state index is 13.0. The molecule has 0 spiro atoms. The molecule has 0 radical (unpaired) electrons. The summed E-state index contributed by atoms with van der Waals surface area (Å²) < 4.78 is 61.0. The summed E-state index contributed by atoms with van der Waals surface area (Å²) in [5.74, 6) is 0.381. The van der Waals surface area contributed by atoms with Gasteiger partial charge in [-0.15, -0.1) is 0 Å². The summed E-state index contributed by atoms with van der Waals surface area (Å²) in [6.07, 6.45) is 5.57. The highest BCUT2D eigenvalue weighted by molar-refractivity contribution is 7.89. The van der Waals surface area contributed by atoms with Gasteiger partial charge < -0.3 is 4.42 Å². The van der Waals surface area contributed by atoms with E-state index in [1.54, 1.807) is 36.4 Å². The number of nitrogens with zero attached hydrogens (tertiary/aromatic N) is 2. The summed E-state index contributed by atoms with van der Waals surface area (Å²) >= 11 is 6.58. The molecule has 0 amide bonds. The Balaban J connectivity index is 1.45. The Morgan fingerprint density at radius 1 is 0.676 bits per heavy atom. The van der Waals surface area contributed by atoms with Gasteiger partial charge >= 0.3 is 0 Å². The van der Waals surface area contributed by atoms with Gasteiger partial charge in [-0.3, -0.25) is 0 Å². The molecule has 0 aliphatic carbocycles. The van der Waals surface area contributed by atoms with Crippen LogP contribution >= 0.6 is 11.6 Å². The van der Waals surface area contributed by atoms with E-state index in [0.717, 1.165) is 38.5 Å². The molecule has 7 nitrogen and oxygen atoms in total. The second-order valence-corrected chi connectivity index (χ2v) is 13.1. The van der Waals surface area contributed by atoms with Crippen LogP contribution in [0, 0.1) is 0 Å². The fraction of sp³-hybridized carbons (Fsp3) is 0.417. The summed E-state index contributed by atoms with van der Waals surface area (Å²) in [6, 6.07) is 11.2. The molecular formula is C24H27ClN2O5S2. The molecular weight excluding hydrogens is 496 g/mol. The van der Waals surface area contributed by atoms with Gasteiger partial charge in [-0.1, -0.05) is 24.4 Å². The Kier molecular flexibility index (Phi) is 6.50. The second kappa shape index (κ2) is 9.28. The fourth-order valence-corrected chi connectivity index (χ4v) is 8.03. The van der Waals surface area contributed by atoms with Crippen molar-refractivity contribution >= 4 is 42.6 Å². The molecule has 2 saturated heterocycles. The molecule has 0 bridgehead atoms. The van der Waals surface area contributed by atoms with Crippen LogP contribution in [0.15, 0.2) is 56.7 Å². The third-order valence-electron chi connectivity index (χ3n) is 6.62. The quantitative estimate of drug-likeness (QED) is 0.465. The van der Waals surface area contributed by atoms with E-state index >= 15 is 0 Å². The molecule has 10 heteroatoms. The smallest absolute Gasteiger partial charge is 0.243 e. The van der Waals surface area contributed by atoms with E-state index < -0.39 is 20.0 Å². The summed E-state index contributed by atoms with van der Waals surface area (Å²) in [4.78, 5) is 0.419. The van der Waals surface area contributed by atoms with Crippen molar-refractivity contribution in [3.05, 3.63) is 47.5 Å². The Labute approximate surface area is 205 Å². The van der Waals surface area contributed by atoms with Crippen molar-refractivity contribution in [2.24, 2.45) is 0 Å². The standard InChI is InChI=1S/C24H27ClN2O5S2/c25-23-21-12-11-20(34(30,31)27-15-5-2-6-16-27)17-22(21)32-24(23)18-7-9-19(10-8-18)33(28,29)26-13-3-1-4-14-26/h7-12,17H,1-6,13-16H2. The predicted octanol–water partition coefficient (Wildman–Crippen LogP) is 5.10. The van der Waals surface area contributed by atoms with Gasteiger partial charge in [0, 0.05) is 43.2 Å². The van der Waals surface area contributed by atoms with Crippen LogP contribution < -0.4 is 0 Å². The van der Waals surface area contributed by atoms with Crippen LogP contribution in [0.5, 0.6) is 0 Å². The third-order valence-corrected chi connectivity index (χ3v) is 10.8. The number of benzene rings is 2. The minimum atomic E-state index is -3.60. The third kappa shape index (κ3) is 4.28. The van der Waals surface area contributed by atoms with Gasteiger partial charge in [0.15, 0.2) is 5.76 Å². The molecule has 0 unspecified atom stereocenters. The highest BCUT2D eigenvalue weighted by Gasteiger charge is 2.28. The van der Waals surface area contributed by atoms with Gasteiger partial charge in [0.25, 0.3) is 0 Å². The summed E-state index contributed by atoms with van der Waals surface area (Å²) in [5, 5.41) is 0.975. The Morgan fingerprint density at radius 3 is 1.74 bits per heavy atom. The first-order valence-electron chi connectivity index (χ1n) is 11.6. The number of sulfonamides is 2. The number of piperidine rings is 2. The molecule has 2 aromatic carbocycles. The van der Waals surface area contributed by atoms with Gasteiger partial charge in [0.1, 0.15) is 5.58 Å². The first-order chi connectivity index (χ1) is 16.3. The molecule has 0 N–H and O–H groups in total. The van der Waals surface area contributed by atoms with E-state index in [2.05, 4.69) is 0 Å². The lowest BCUT2D eigenvalue weighted by Gasteiger charge is -2.25. The molecule has 2 aliphatic heterocycles. The van der Waals surface area contributed by atoms with Gasteiger partial charge in [0.2, 0.25) is 20.0 Å². The van der Waals surface area contributed by atoms with Crippen LogP contribution in [0.4, 0.5) is 0 Å². The van der Waals surface area contributed by atoms with Crippen molar-refractivity contribution < 1.29 is 21.3 Å². The van der Waals surface area contributed by atoms with Gasteiger partial charge in [-0.05, 0) is 62.1 Å². The summed E-state index contributed by atoms with van der Waals surface area (Å²) in [5.41, 5.74) is 1.00. The maximum atomic E-state index is 13.0. The van der Waals surface area contributed by atoms with Crippen LogP contribution in [0.3, 0.4) is 0 Å². The lowest BCUT2D eigenvalue weighted by atomic mass is 10.1. The molecule has 34 heavy (non-hydrogen) atoms. The number of hydrogen-bond acceptors (Lipinski definition) is 5. The number of fused-ring (bicyclic) bond motifs is 1. The highest BCUT2D eigenvalue weighted by Crippen LogP contribution is 2.39. The molecule has 2 aliphatic rings. The molecule has 3 heterocycles. The Morgan fingerprint density at radius 2 is 1.18 bits per heavy atom. The molecule has 0 atom stereocenters. The van der Waals surface area contributed by atoms with Crippen LogP contribution in [-0.2, 0) is 20.0 Å². The lowest BCUT2D eigenvalue weighted by Crippen LogP contribution is -2.35. The first kappa shape index (κ1) is 23.8. The number of furan rings is 1.